The molecule has 0 spiro atoms. The first-order chi connectivity index (χ1) is 13.3. The molecule has 2 atom stereocenters. The molecule has 7 heteroatoms. The first kappa shape index (κ1) is 21.0. The van der Waals surface area contributed by atoms with Crippen molar-refractivity contribution >= 4 is 6.03 Å². The van der Waals surface area contributed by atoms with Gasteiger partial charge in [-0.25, -0.2) is 4.79 Å². The van der Waals surface area contributed by atoms with Crippen LogP contribution < -0.4 is 10.6 Å². The molecule has 1 heterocycles. The van der Waals surface area contributed by atoms with Gasteiger partial charge in [0.15, 0.2) is 0 Å². The maximum atomic E-state index is 12.9. The number of carbonyl (C=O) groups excluding carboxylic acids is 1. The lowest BCUT2D eigenvalue weighted by molar-refractivity contribution is -0.183. The highest BCUT2D eigenvalue weighted by atomic mass is 19.4. The number of amides is 2. The van der Waals surface area contributed by atoms with Gasteiger partial charge in [-0.2, -0.15) is 13.2 Å². The van der Waals surface area contributed by atoms with Gasteiger partial charge in [-0.3, -0.25) is 4.90 Å². The second-order valence-corrected chi connectivity index (χ2v) is 8.20. The lowest BCUT2D eigenvalue weighted by atomic mass is 9.85. The molecule has 0 radical (unpaired) electrons. The maximum absolute atomic E-state index is 12.9. The Morgan fingerprint density at radius 1 is 1.07 bits per heavy atom. The smallest absolute Gasteiger partial charge is 0.335 e. The molecule has 28 heavy (non-hydrogen) atoms. The molecule has 2 aliphatic rings. The van der Waals surface area contributed by atoms with Crippen LogP contribution in [0, 0.1) is 12.8 Å². The molecule has 4 nitrogen and oxygen atoms in total. The predicted molar refractivity (Wildman–Crippen MR) is 103 cm³/mol. The number of benzene rings is 1. The molecule has 1 saturated heterocycles. The Bertz CT molecular complexity index is 657. The third-order valence-electron chi connectivity index (χ3n) is 6.05. The fourth-order valence-corrected chi connectivity index (χ4v) is 4.29. The van der Waals surface area contributed by atoms with E-state index in [4.69, 9.17) is 0 Å². The summed E-state index contributed by atoms with van der Waals surface area (Å²) in [6.45, 7) is 4.83. The normalized spacial score (nSPS) is 24.7. The summed E-state index contributed by atoms with van der Waals surface area (Å²) in [4.78, 5) is 14.6. The number of aryl methyl sites for hydroxylation is 1. The molecule has 1 aromatic rings. The van der Waals surface area contributed by atoms with E-state index in [2.05, 4.69) is 40.7 Å². The number of hydrogen-bond acceptors (Lipinski definition) is 2. The number of likely N-dealkylation sites (tertiary alicyclic amines) is 1. The Balaban J connectivity index is 1.40. The van der Waals surface area contributed by atoms with E-state index < -0.39 is 12.1 Å². The van der Waals surface area contributed by atoms with Crippen molar-refractivity contribution in [3.05, 3.63) is 35.4 Å². The van der Waals surface area contributed by atoms with Gasteiger partial charge in [0.05, 0.1) is 5.92 Å². The van der Waals surface area contributed by atoms with Crippen LogP contribution in [0.1, 0.15) is 49.7 Å². The molecule has 1 saturated carbocycles. The van der Waals surface area contributed by atoms with Crippen LogP contribution in [0.15, 0.2) is 24.3 Å². The Kier molecular flexibility index (Phi) is 6.86. The van der Waals surface area contributed by atoms with Crippen LogP contribution >= 0.6 is 0 Å². The highest BCUT2D eigenvalue weighted by Gasteiger charge is 2.42. The Hall–Kier alpha value is -1.76. The van der Waals surface area contributed by atoms with E-state index in [1.807, 2.05) is 6.07 Å². The molecule has 2 amide bonds. The van der Waals surface area contributed by atoms with Crippen molar-refractivity contribution in [2.24, 2.45) is 5.92 Å². The Morgan fingerprint density at radius 2 is 1.75 bits per heavy atom. The summed E-state index contributed by atoms with van der Waals surface area (Å²) in [6.07, 6.45) is -1.17. The predicted octanol–water partition coefficient (Wildman–Crippen LogP) is 4.38. The number of hydrogen-bond donors (Lipinski definition) is 2. The quantitative estimate of drug-likeness (QED) is 0.792. The third kappa shape index (κ3) is 5.87. The lowest BCUT2D eigenvalue weighted by Gasteiger charge is -2.34. The van der Waals surface area contributed by atoms with Gasteiger partial charge in [0.1, 0.15) is 0 Å². The van der Waals surface area contributed by atoms with Gasteiger partial charge in [-0.05, 0) is 50.2 Å². The number of carbonyl (C=O) groups is 1. The van der Waals surface area contributed by atoms with Crippen LogP contribution in [0.3, 0.4) is 0 Å². The fourth-order valence-electron chi connectivity index (χ4n) is 4.29. The van der Waals surface area contributed by atoms with E-state index in [-0.39, 0.29) is 31.0 Å². The van der Waals surface area contributed by atoms with E-state index in [0.29, 0.717) is 12.8 Å². The summed E-state index contributed by atoms with van der Waals surface area (Å²) in [5.74, 6) is -1.30. The van der Waals surface area contributed by atoms with Crippen molar-refractivity contribution in [3.63, 3.8) is 0 Å². The first-order valence-electron chi connectivity index (χ1n) is 10.2. The molecule has 0 unspecified atom stereocenters. The summed E-state index contributed by atoms with van der Waals surface area (Å²) in [7, 11) is 0. The van der Waals surface area contributed by atoms with Crippen molar-refractivity contribution in [1.29, 1.82) is 0 Å². The van der Waals surface area contributed by atoms with Gasteiger partial charge in [-0.15, -0.1) is 0 Å². The van der Waals surface area contributed by atoms with Crippen molar-refractivity contribution in [2.75, 3.05) is 13.1 Å². The second-order valence-electron chi connectivity index (χ2n) is 8.20. The van der Waals surface area contributed by atoms with Gasteiger partial charge in [0.25, 0.3) is 0 Å². The van der Waals surface area contributed by atoms with Gasteiger partial charge in [0.2, 0.25) is 0 Å². The monoisotopic (exact) mass is 397 g/mol. The molecule has 0 bridgehead atoms. The molecule has 0 aromatic heterocycles. The molecule has 1 aromatic carbocycles. The molecule has 1 aliphatic carbocycles. The van der Waals surface area contributed by atoms with Crippen LogP contribution in [0.25, 0.3) is 0 Å². The average molecular weight is 397 g/mol. The topological polar surface area (TPSA) is 44.4 Å². The average Bonchev–Trinajstić information content (AvgIpc) is 2.65. The molecular weight excluding hydrogens is 367 g/mol. The Labute approximate surface area is 164 Å². The second kappa shape index (κ2) is 9.16. The number of nitrogens with one attached hydrogen (secondary N) is 2. The molecule has 2 fully saturated rings. The third-order valence-corrected chi connectivity index (χ3v) is 6.05. The van der Waals surface area contributed by atoms with Crippen molar-refractivity contribution in [1.82, 2.24) is 15.5 Å². The van der Waals surface area contributed by atoms with E-state index in [9.17, 15) is 18.0 Å². The van der Waals surface area contributed by atoms with Crippen LogP contribution in [0.5, 0.6) is 0 Å². The van der Waals surface area contributed by atoms with Crippen molar-refractivity contribution < 1.29 is 18.0 Å². The van der Waals surface area contributed by atoms with Crippen molar-refractivity contribution in [3.8, 4) is 0 Å². The summed E-state index contributed by atoms with van der Waals surface area (Å²) in [6, 6.07) is 7.71. The number of piperidine rings is 1. The largest absolute Gasteiger partial charge is 0.391 e. The summed E-state index contributed by atoms with van der Waals surface area (Å²) >= 11 is 0. The standard InChI is InChI=1S/C21H30F3N3O/c1-15-5-2-3-6-16(15)14-27-11-9-18(10-12-27)25-20(28)26-19-8-4-7-17(13-19)21(22,23)24/h2-3,5-6,17-19H,4,7-14H2,1H3,(H2,25,26,28)/t17-,19-/m1/s1. The van der Waals surface area contributed by atoms with E-state index in [1.165, 1.54) is 11.1 Å². The van der Waals surface area contributed by atoms with Gasteiger partial charge in [0, 0.05) is 31.7 Å². The van der Waals surface area contributed by atoms with Crippen LogP contribution in [-0.4, -0.2) is 42.3 Å². The van der Waals surface area contributed by atoms with Crippen LogP contribution in [0.4, 0.5) is 18.0 Å². The van der Waals surface area contributed by atoms with Crippen LogP contribution in [-0.2, 0) is 6.54 Å². The zero-order valence-electron chi connectivity index (χ0n) is 16.4. The molecule has 3 rings (SSSR count). The molecule has 156 valence electrons. The summed E-state index contributed by atoms with van der Waals surface area (Å²) in [5, 5.41) is 5.72. The SMILES string of the molecule is Cc1ccccc1CN1CCC(NC(=O)N[C@@H]2CCC[C@@H](C(F)(F)F)C2)CC1. The summed E-state index contributed by atoms with van der Waals surface area (Å²) in [5.41, 5.74) is 2.61. The number of urea groups is 1. The van der Waals surface area contributed by atoms with E-state index in [0.717, 1.165) is 32.5 Å². The highest BCUT2D eigenvalue weighted by Crippen LogP contribution is 2.37. The zero-order chi connectivity index (χ0) is 20.1. The minimum absolute atomic E-state index is 0.00814. The minimum Gasteiger partial charge on any atom is -0.335 e. The van der Waals surface area contributed by atoms with Crippen LogP contribution in [0.2, 0.25) is 0 Å². The molecule has 1 aliphatic heterocycles. The van der Waals surface area contributed by atoms with Gasteiger partial charge < -0.3 is 10.6 Å². The zero-order valence-corrected chi connectivity index (χ0v) is 16.4. The van der Waals surface area contributed by atoms with Crippen molar-refractivity contribution in [2.45, 2.75) is 70.3 Å². The minimum atomic E-state index is -4.17. The van der Waals surface area contributed by atoms with Gasteiger partial charge >= 0.3 is 12.2 Å². The fraction of sp³-hybridized carbons (Fsp3) is 0.667. The number of nitrogens with zero attached hydrogens (tertiary/aromatic N) is 1. The maximum Gasteiger partial charge on any atom is 0.391 e. The highest BCUT2D eigenvalue weighted by molar-refractivity contribution is 5.74. The molecule has 2 N–H and O–H groups in total. The number of halogens is 3. The number of alkyl halides is 3. The first-order valence-corrected chi connectivity index (χ1v) is 10.2. The van der Waals surface area contributed by atoms with Gasteiger partial charge in [-0.1, -0.05) is 30.7 Å². The molecular formula is C21H30F3N3O. The van der Waals surface area contributed by atoms with E-state index >= 15 is 0 Å². The number of rotatable bonds is 4. The lowest BCUT2D eigenvalue weighted by Crippen LogP contribution is -2.51. The van der Waals surface area contributed by atoms with E-state index in [1.54, 1.807) is 0 Å². The summed E-state index contributed by atoms with van der Waals surface area (Å²) < 4.78 is 38.7. The Morgan fingerprint density at radius 3 is 2.43 bits per heavy atom.